The average molecular weight is 860 g/mol. The van der Waals surface area contributed by atoms with Crippen molar-refractivity contribution in [2.45, 2.75) is 130 Å². The van der Waals surface area contributed by atoms with Crippen LogP contribution >= 0.6 is 0 Å². The van der Waals surface area contributed by atoms with E-state index in [0.717, 1.165) is 12.0 Å². The number of rotatable bonds is 28. The van der Waals surface area contributed by atoms with Crippen LogP contribution in [0.5, 0.6) is 0 Å². The van der Waals surface area contributed by atoms with Crippen LogP contribution in [0.25, 0.3) is 0 Å². The quantitative estimate of drug-likeness (QED) is 0.103. The number of nitrogens with zero attached hydrogens (tertiary/aromatic N) is 3. The predicted octanol–water partition coefficient (Wildman–Crippen LogP) is 4.06. The first-order chi connectivity index (χ1) is 28.9. The molecule has 61 heavy (non-hydrogen) atoms. The molecular weight excluding hydrogens is 783 g/mol. The van der Waals surface area contributed by atoms with E-state index in [2.05, 4.69) is 10.6 Å². The lowest BCUT2D eigenvalue weighted by Crippen LogP contribution is -2.55. The largest absolute Gasteiger partial charge is 0.480 e. The second-order valence-corrected chi connectivity index (χ2v) is 17.3. The molecule has 0 bridgehead atoms. The van der Waals surface area contributed by atoms with Gasteiger partial charge in [-0.2, -0.15) is 0 Å². The van der Waals surface area contributed by atoms with Crippen molar-refractivity contribution in [3.63, 3.8) is 0 Å². The zero-order valence-corrected chi connectivity index (χ0v) is 39.0. The summed E-state index contributed by atoms with van der Waals surface area (Å²) in [6, 6.07) is 6.95. The third kappa shape index (κ3) is 15.7. The van der Waals surface area contributed by atoms with Gasteiger partial charge in [-0.15, -0.1) is 0 Å². The molecule has 0 aromatic heterocycles. The molecule has 3 N–H and O–H groups in total. The van der Waals surface area contributed by atoms with Crippen LogP contribution in [0.3, 0.4) is 0 Å². The highest BCUT2D eigenvalue weighted by molar-refractivity contribution is 5.90. The number of carbonyl (C=O) groups is 6. The van der Waals surface area contributed by atoms with E-state index >= 15 is 0 Å². The summed E-state index contributed by atoms with van der Waals surface area (Å²) in [5.74, 6) is -3.79. The average Bonchev–Trinajstić information content (AvgIpc) is 3.71. The highest BCUT2D eigenvalue weighted by atomic mass is 16.5. The minimum Gasteiger partial charge on any atom is -0.480 e. The molecule has 15 nitrogen and oxygen atoms in total. The summed E-state index contributed by atoms with van der Waals surface area (Å²) in [4.78, 5) is 85.7. The summed E-state index contributed by atoms with van der Waals surface area (Å²) in [7, 11) is 6.56. The molecule has 0 spiro atoms. The van der Waals surface area contributed by atoms with Crippen LogP contribution in [0.2, 0.25) is 0 Å². The molecule has 1 aliphatic rings. The van der Waals surface area contributed by atoms with Gasteiger partial charge in [0.05, 0.1) is 49.2 Å². The van der Waals surface area contributed by atoms with Crippen molar-refractivity contribution in [1.29, 1.82) is 0 Å². The Balaban J connectivity index is 2.28. The molecule has 0 saturated carbocycles. The summed E-state index contributed by atoms with van der Waals surface area (Å²) < 4.78 is 17.6. The van der Waals surface area contributed by atoms with Gasteiger partial charge >= 0.3 is 11.9 Å². The Morgan fingerprint density at radius 2 is 1.59 bits per heavy atom. The van der Waals surface area contributed by atoms with E-state index in [0.29, 0.717) is 25.9 Å². The zero-order valence-electron chi connectivity index (χ0n) is 39.0. The van der Waals surface area contributed by atoms with Crippen molar-refractivity contribution in [3.8, 4) is 0 Å². The Morgan fingerprint density at radius 1 is 0.934 bits per heavy atom. The third-order valence-corrected chi connectivity index (χ3v) is 12.5. The third-order valence-electron chi connectivity index (χ3n) is 12.5. The molecular formula is C46H77N5O10. The predicted molar refractivity (Wildman–Crippen MR) is 235 cm³/mol. The second kappa shape index (κ2) is 26.5. The second-order valence-electron chi connectivity index (χ2n) is 17.3. The van der Waals surface area contributed by atoms with Crippen LogP contribution < -0.4 is 10.6 Å². The minimum atomic E-state index is -1.03. The summed E-state index contributed by atoms with van der Waals surface area (Å²) >= 11 is 0. The number of ether oxygens (including phenoxy) is 3. The van der Waals surface area contributed by atoms with E-state index in [9.17, 15) is 33.9 Å². The number of amides is 3. The highest BCUT2D eigenvalue weighted by Crippen LogP contribution is 2.31. The molecule has 1 fully saturated rings. The highest BCUT2D eigenvalue weighted by Gasteiger charge is 2.43. The molecule has 0 unspecified atom stereocenters. The van der Waals surface area contributed by atoms with Crippen molar-refractivity contribution in [1.82, 2.24) is 25.3 Å². The Labute approximate surface area is 365 Å². The van der Waals surface area contributed by atoms with E-state index in [1.807, 2.05) is 78.8 Å². The van der Waals surface area contributed by atoms with Gasteiger partial charge in [-0.3, -0.25) is 28.9 Å². The van der Waals surface area contributed by atoms with E-state index in [4.69, 9.17) is 14.2 Å². The van der Waals surface area contributed by atoms with Crippen LogP contribution in [-0.4, -0.2) is 153 Å². The molecule has 0 aliphatic carbocycles. The molecule has 1 aromatic carbocycles. The smallest absolute Gasteiger partial charge is 0.329 e. The first kappa shape index (κ1) is 53.2. The number of Topliss-reactive ketones (excluding diaryl/α,β-unsaturated/α-hetero) is 1. The lowest BCUT2D eigenvalue weighted by Gasteiger charge is -2.41. The van der Waals surface area contributed by atoms with Gasteiger partial charge in [0, 0.05) is 53.1 Å². The van der Waals surface area contributed by atoms with Crippen LogP contribution in [0, 0.1) is 29.6 Å². The number of likely N-dealkylation sites (N-methyl/N-ethyl adjacent to an activating group) is 3. The number of methoxy groups -OCH3 is 2. The molecule has 1 aromatic rings. The van der Waals surface area contributed by atoms with Crippen LogP contribution in [0.15, 0.2) is 30.3 Å². The molecule has 1 aliphatic heterocycles. The van der Waals surface area contributed by atoms with Crippen LogP contribution in [0.1, 0.15) is 93.1 Å². The molecule has 3 amide bonds. The van der Waals surface area contributed by atoms with Gasteiger partial charge in [0.1, 0.15) is 12.6 Å². The number of hydrogen-bond donors (Lipinski definition) is 3. The number of ketones is 1. The number of carbonyl (C=O) groups excluding carboxylic acids is 5. The van der Waals surface area contributed by atoms with Gasteiger partial charge in [0.15, 0.2) is 5.78 Å². The van der Waals surface area contributed by atoms with Gasteiger partial charge in [-0.25, -0.2) is 4.79 Å². The van der Waals surface area contributed by atoms with Gasteiger partial charge in [0.25, 0.3) is 0 Å². The lowest BCUT2D eigenvalue weighted by atomic mass is 9.84. The first-order valence-electron chi connectivity index (χ1n) is 22.1. The number of esters is 1. The number of carboxylic acid groups (broad SMARTS) is 1. The number of benzene rings is 1. The van der Waals surface area contributed by atoms with Gasteiger partial charge in [-0.05, 0) is 49.8 Å². The van der Waals surface area contributed by atoms with Crippen molar-refractivity contribution < 1.29 is 48.1 Å². The van der Waals surface area contributed by atoms with E-state index < -0.39 is 60.0 Å². The van der Waals surface area contributed by atoms with Gasteiger partial charge < -0.3 is 39.8 Å². The summed E-state index contributed by atoms with van der Waals surface area (Å²) in [5, 5.41) is 15.2. The molecule has 1 heterocycles. The molecule has 346 valence electrons. The first-order valence-corrected chi connectivity index (χ1v) is 22.1. The SMILES string of the molecule is CC[C@H](C)[C@@H]([C@@H](CC(=O)N1CCC[C@H]1[C@H](OC)[C@@H](C)C(=O)N[C@@H](Cc1ccccc1)C(=O)OCCN(CC)CC(=O)O)OC)N(C)C(=O)[C@@H](CC(=O)[C@@H](NC)C(C)C)C(C)C. The molecule has 0 radical (unpaired) electrons. The Hall–Kier alpha value is -3.92. The fourth-order valence-corrected chi connectivity index (χ4v) is 8.65. The number of hydrogen-bond acceptors (Lipinski definition) is 11. The van der Waals surface area contributed by atoms with Crippen molar-refractivity contribution >= 4 is 35.4 Å². The van der Waals surface area contributed by atoms with Crippen LogP contribution in [-0.2, 0) is 49.4 Å². The summed E-state index contributed by atoms with van der Waals surface area (Å²) in [6.07, 6.45) is 0.930. The maximum Gasteiger partial charge on any atom is 0.329 e. The van der Waals surface area contributed by atoms with E-state index in [-0.39, 0.29) is 80.4 Å². The fraction of sp³-hybridized carbons (Fsp3) is 0.739. The van der Waals surface area contributed by atoms with E-state index in [1.165, 1.54) is 7.11 Å². The van der Waals surface area contributed by atoms with Crippen LogP contribution in [0.4, 0.5) is 0 Å². The summed E-state index contributed by atoms with van der Waals surface area (Å²) in [6.45, 7) is 16.4. The Kier molecular flexibility index (Phi) is 23.1. The Morgan fingerprint density at radius 3 is 2.11 bits per heavy atom. The van der Waals surface area contributed by atoms with Gasteiger partial charge in [-0.1, -0.05) is 92.1 Å². The summed E-state index contributed by atoms with van der Waals surface area (Å²) in [5.41, 5.74) is 0.812. The molecule has 9 atom stereocenters. The topological polar surface area (TPSA) is 184 Å². The standard InChI is InChI=1S/C46H77N5O10/c1-13-31(7)42(49(10)45(57)34(29(3)4)26-37(52)41(47-9)30(5)6)38(59-11)27-39(53)51-22-18-21-36(51)43(60-12)32(8)44(56)48-35(25-33-19-16-15-17-20-33)46(58)61-24-23-50(14-2)28-40(54)55/h15-17,19-20,29-32,34-36,38,41-43,47H,13-14,18,21-28H2,1-12H3,(H,48,56)(H,54,55)/t31-,32+,34-,35-,36-,38+,41-,42-,43+/m0/s1. The normalized spacial score (nSPS) is 18.2. The van der Waals surface area contributed by atoms with Crippen molar-refractivity contribution in [2.75, 3.05) is 61.1 Å². The van der Waals surface area contributed by atoms with Crippen molar-refractivity contribution in [3.05, 3.63) is 35.9 Å². The minimum absolute atomic E-state index is 0.00716. The number of nitrogens with one attached hydrogen (secondary N) is 2. The molecule has 15 heteroatoms. The maximum absolute atomic E-state index is 14.3. The number of carboxylic acids is 1. The fourth-order valence-electron chi connectivity index (χ4n) is 8.65. The molecule has 2 rings (SSSR count). The van der Waals surface area contributed by atoms with Crippen molar-refractivity contribution in [2.24, 2.45) is 29.6 Å². The Bertz CT molecular complexity index is 1540. The lowest BCUT2D eigenvalue weighted by molar-refractivity contribution is -0.150. The maximum atomic E-state index is 14.3. The molecule has 1 saturated heterocycles. The van der Waals surface area contributed by atoms with E-state index in [1.54, 1.807) is 42.8 Å². The number of aliphatic carboxylic acids is 1. The van der Waals surface area contributed by atoms with Gasteiger partial charge in [0.2, 0.25) is 17.7 Å². The zero-order chi connectivity index (χ0) is 46.0. The number of likely N-dealkylation sites (tertiary alicyclic amines) is 1. The monoisotopic (exact) mass is 860 g/mol.